The van der Waals surface area contributed by atoms with E-state index in [0.29, 0.717) is 18.8 Å². The molecule has 1 aromatic rings. The second kappa shape index (κ2) is 6.93. The van der Waals surface area contributed by atoms with Gasteiger partial charge < -0.3 is 15.1 Å². The Bertz CT molecular complexity index is 560. The summed E-state index contributed by atoms with van der Waals surface area (Å²) in [6.45, 7) is 4.46. The van der Waals surface area contributed by atoms with Crippen molar-refractivity contribution in [1.29, 1.82) is 0 Å². The van der Waals surface area contributed by atoms with Crippen molar-refractivity contribution in [3.63, 3.8) is 0 Å². The highest BCUT2D eigenvalue weighted by atomic mass is 16.2. The number of aromatic nitrogens is 2. The molecule has 2 aliphatic rings. The van der Waals surface area contributed by atoms with E-state index in [2.05, 4.69) is 20.4 Å². The average Bonchev–Trinajstić information content (AvgIpc) is 3.08. The molecule has 0 atom stereocenters. The fourth-order valence-corrected chi connectivity index (χ4v) is 3.19. The number of nitrogens with zero attached hydrogens (tertiary/aromatic N) is 4. The molecule has 0 aromatic carbocycles. The third kappa shape index (κ3) is 3.78. The largest absolute Gasteiger partial charge is 0.352 e. The number of rotatable bonds is 3. The number of hydrogen-bond acceptors (Lipinski definition) is 5. The van der Waals surface area contributed by atoms with E-state index in [1.54, 1.807) is 13.0 Å². The summed E-state index contributed by atoms with van der Waals surface area (Å²) in [6.07, 6.45) is 4.47. The highest BCUT2D eigenvalue weighted by molar-refractivity contribution is 5.92. The second-order valence-electron chi connectivity index (χ2n) is 6.22. The number of amides is 2. The van der Waals surface area contributed by atoms with Gasteiger partial charge in [0.25, 0.3) is 5.91 Å². The summed E-state index contributed by atoms with van der Waals surface area (Å²) in [7, 11) is 0. The normalized spacial score (nSPS) is 19.0. The minimum atomic E-state index is -0.141. The summed E-state index contributed by atoms with van der Waals surface area (Å²) in [5, 5.41) is 11.3. The fourth-order valence-electron chi connectivity index (χ4n) is 3.19. The number of carbonyl (C=O) groups is 2. The lowest BCUT2D eigenvalue weighted by Gasteiger charge is -2.34. The zero-order valence-corrected chi connectivity index (χ0v) is 13.5. The molecule has 1 saturated heterocycles. The standard InChI is InChI=1S/C16H23N5O2/c1-12(22)20-8-10-21(11-9-20)15-7-6-14(18-19-15)16(23)17-13-4-2-3-5-13/h6-7,13H,2-5,8-11H2,1H3,(H,17,23). The van der Waals surface area contributed by atoms with Gasteiger partial charge >= 0.3 is 0 Å². The van der Waals surface area contributed by atoms with E-state index in [4.69, 9.17) is 0 Å². The van der Waals surface area contributed by atoms with Gasteiger partial charge in [-0.05, 0) is 25.0 Å². The first-order chi connectivity index (χ1) is 11.1. The predicted molar refractivity (Wildman–Crippen MR) is 86.2 cm³/mol. The molecule has 124 valence electrons. The maximum Gasteiger partial charge on any atom is 0.272 e. The summed E-state index contributed by atoms with van der Waals surface area (Å²) < 4.78 is 0. The van der Waals surface area contributed by atoms with Gasteiger partial charge in [-0.1, -0.05) is 12.8 Å². The summed E-state index contributed by atoms with van der Waals surface area (Å²) in [5.41, 5.74) is 0.364. The first-order valence-electron chi connectivity index (χ1n) is 8.28. The van der Waals surface area contributed by atoms with Crippen LogP contribution in [0.5, 0.6) is 0 Å². The zero-order valence-electron chi connectivity index (χ0n) is 13.5. The Balaban J connectivity index is 1.56. The van der Waals surface area contributed by atoms with E-state index < -0.39 is 0 Å². The van der Waals surface area contributed by atoms with Crippen LogP contribution in [-0.2, 0) is 4.79 Å². The minimum absolute atomic E-state index is 0.106. The molecule has 0 spiro atoms. The molecule has 0 bridgehead atoms. The molecule has 1 N–H and O–H groups in total. The lowest BCUT2D eigenvalue weighted by Crippen LogP contribution is -2.48. The smallest absolute Gasteiger partial charge is 0.272 e. The molecule has 0 unspecified atom stereocenters. The van der Waals surface area contributed by atoms with E-state index in [1.165, 1.54) is 12.8 Å². The SMILES string of the molecule is CC(=O)N1CCN(c2ccc(C(=O)NC3CCCC3)nn2)CC1. The van der Waals surface area contributed by atoms with Crippen molar-refractivity contribution < 1.29 is 9.59 Å². The monoisotopic (exact) mass is 317 g/mol. The Hall–Kier alpha value is -2.18. The number of nitrogens with one attached hydrogen (secondary N) is 1. The van der Waals surface area contributed by atoms with E-state index in [0.717, 1.165) is 31.7 Å². The molecule has 1 saturated carbocycles. The van der Waals surface area contributed by atoms with Crippen molar-refractivity contribution in [1.82, 2.24) is 20.4 Å². The molecular formula is C16H23N5O2. The molecule has 1 aliphatic carbocycles. The first-order valence-corrected chi connectivity index (χ1v) is 8.28. The van der Waals surface area contributed by atoms with Crippen molar-refractivity contribution in [2.24, 2.45) is 0 Å². The Kier molecular flexibility index (Phi) is 4.73. The summed E-state index contributed by atoms with van der Waals surface area (Å²) in [5.74, 6) is 0.720. The Morgan fingerprint density at radius 3 is 2.35 bits per heavy atom. The molecular weight excluding hydrogens is 294 g/mol. The number of piperazine rings is 1. The van der Waals surface area contributed by atoms with E-state index >= 15 is 0 Å². The maximum atomic E-state index is 12.1. The highest BCUT2D eigenvalue weighted by Crippen LogP contribution is 2.18. The molecule has 7 nitrogen and oxygen atoms in total. The van der Waals surface area contributed by atoms with Crippen LogP contribution in [0.2, 0.25) is 0 Å². The van der Waals surface area contributed by atoms with E-state index in [-0.39, 0.29) is 17.9 Å². The van der Waals surface area contributed by atoms with Gasteiger partial charge in [0.15, 0.2) is 11.5 Å². The van der Waals surface area contributed by atoms with Gasteiger partial charge in [0.2, 0.25) is 5.91 Å². The van der Waals surface area contributed by atoms with Crippen LogP contribution in [0, 0.1) is 0 Å². The number of carbonyl (C=O) groups excluding carboxylic acids is 2. The van der Waals surface area contributed by atoms with Crippen molar-refractivity contribution >= 4 is 17.6 Å². The van der Waals surface area contributed by atoms with E-state index in [9.17, 15) is 9.59 Å². The topological polar surface area (TPSA) is 78.4 Å². The van der Waals surface area contributed by atoms with Crippen molar-refractivity contribution in [2.45, 2.75) is 38.6 Å². The zero-order chi connectivity index (χ0) is 16.2. The molecule has 1 aromatic heterocycles. The highest BCUT2D eigenvalue weighted by Gasteiger charge is 2.21. The molecule has 3 rings (SSSR count). The predicted octanol–water partition coefficient (Wildman–Crippen LogP) is 0.817. The van der Waals surface area contributed by atoms with Crippen LogP contribution in [0.1, 0.15) is 43.1 Å². The van der Waals surface area contributed by atoms with Gasteiger partial charge in [0, 0.05) is 39.1 Å². The van der Waals surface area contributed by atoms with Crippen LogP contribution in [0.15, 0.2) is 12.1 Å². The molecule has 2 fully saturated rings. The fraction of sp³-hybridized carbons (Fsp3) is 0.625. The van der Waals surface area contributed by atoms with Gasteiger partial charge in [-0.3, -0.25) is 9.59 Å². The van der Waals surface area contributed by atoms with Crippen LogP contribution in [0.3, 0.4) is 0 Å². The molecule has 23 heavy (non-hydrogen) atoms. The molecule has 7 heteroatoms. The minimum Gasteiger partial charge on any atom is -0.352 e. The van der Waals surface area contributed by atoms with Crippen molar-refractivity contribution in [2.75, 3.05) is 31.1 Å². The van der Waals surface area contributed by atoms with Crippen LogP contribution in [-0.4, -0.2) is 59.1 Å². The third-order valence-electron chi connectivity index (χ3n) is 4.62. The Morgan fingerprint density at radius 1 is 1.09 bits per heavy atom. The third-order valence-corrected chi connectivity index (χ3v) is 4.62. The number of anilines is 1. The number of hydrogen-bond donors (Lipinski definition) is 1. The first kappa shape index (κ1) is 15.7. The Labute approximate surface area is 136 Å². The van der Waals surface area contributed by atoms with Gasteiger partial charge in [-0.25, -0.2) is 0 Å². The average molecular weight is 317 g/mol. The quantitative estimate of drug-likeness (QED) is 0.893. The maximum absolute atomic E-state index is 12.1. The van der Waals surface area contributed by atoms with Crippen molar-refractivity contribution in [3.05, 3.63) is 17.8 Å². The lowest BCUT2D eigenvalue weighted by molar-refractivity contribution is -0.129. The van der Waals surface area contributed by atoms with Crippen LogP contribution in [0.4, 0.5) is 5.82 Å². The molecule has 2 heterocycles. The molecule has 0 radical (unpaired) electrons. The van der Waals surface area contributed by atoms with Crippen LogP contribution < -0.4 is 10.2 Å². The molecule has 2 amide bonds. The van der Waals surface area contributed by atoms with Gasteiger partial charge in [-0.15, -0.1) is 10.2 Å². The van der Waals surface area contributed by atoms with Crippen molar-refractivity contribution in [3.8, 4) is 0 Å². The second-order valence-corrected chi connectivity index (χ2v) is 6.22. The Morgan fingerprint density at radius 2 is 1.78 bits per heavy atom. The van der Waals surface area contributed by atoms with Gasteiger partial charge in [-0.2, -0.15) is 0 Å². The lowest BCUT2D eigenvalue weighted by atomic mass is 10.2. The molecule has 1 aliphatic heterocycles. The van der Waals surface area contributed by atoms with E-state index in [1.807, 2.05) is 11.0 Å². The van der Waals surface area contributed by atoms with Gasteiger partial charge in [0.1, 0.15) is 0 Å². The summed E-state index contributed by atoms with van der Waals surface area (Å²) in [4.78, 5) is 27.4. The summed E-state index contributed by atoms with van der Waals surface area (Å²) >= 11 is 0. The summed E-state index contributed by atoms with van der Waals surface area (Å²) in [6, 6.07) is 3.84. The van der Waals surface area contributed by atoms with Crippen LogP contribution >= 0.6 is 0 Å². The van der Waals surface area contributed by atoms with Gasteiger partial charge in [0.05, 0.1) is 0 Å². The van der Waals surface area contributed by atoms with Crippen LogP contribution in [0.25, 0.3) is 0 Å².